The average Bonchev–Trinajstić information content (AvgIpc) is 1.05. The molecule has 0 fully saturated rings. The zero-order valence-corrected chi connectivity index (χ0v) is 58.1. The molecule has 0 aliphatic carbocycles. The number of para-hydroxylation sites is 4. The Labute approximate surface area is 610 Å². The molecule has 0 saturated heterocycles. The van der Waals surface area contributed by atoms with E-state index in [1.807, 2.05) is 72.8 Å². The first-order chi connectivity index (χ1) is 54.8. The summed E-state index contributed by atoms with van der Waals surface area (Å²) in [6.45, 7) is 25.7. The fraction of sp³-hybridized carbons (Fsp3) is 0.170. The topological polar surface area (TPSA) is 21.3 Å². The molecule has 0 radical (unpaired) electrons. The van der Waals surface area contributed by atoms with Crippen LogP contribution in [0.15, 0.2) is 279 Å². The molecule has 16 aromatic rings. The molecular formula is C94H82BN5. The van der Waals surface area contributed by atoms with Gasteiger partial charge in [0, 0.05) is 77.8 Å². The van der Waals surface area contributed by atoms with E-state index >= 15 is 0 Å². The van der Waals surface area contributed by atoms with Crippen LogP contribution in [0.25, 0.3) is 105 Å². The van der Waals surface area contributed by atoms with Crippen molar-refractivity contribution in [1.82, 2.24) is 13.7 Å². The van der Waals surface area contributed by atoms with Gasteiger partial charge in [-0.2, -0.15) is 0 Å². The minimum Gasteiger partial charge on any atom is -0.311 e. The second-order valence-corrected chi connectivity index (χ2v) is 31.1. The fourth-order valence-electron chi connectivity index (χ4n) is 15.4. The molecule has 13 aromatic carbocycles. The Balaban J connectivity index is 1.06. The van der Waals surface area contributed by atoms with Crippen LogP contribution in [0.3, 0.4) is 0 Å². The Kier molecular flexibility index (Phi) is 10.3. The molecule has 0 atom stereocenters. The zero-order valence-electron chi connectivity index (χ0n) is 74.1. The second-order valence-electron chi connectivity index (χ2n) is 31.1. The second kappa shape index (κ2) is 22.2. The maximum Gasteiger partial charge on any atom is 0.252 e. The summed E-state index contributed by atoms with van der Waals surface area (Å²) in [5, 5.41) is 1.74. The normalized spacial score (nSPS) is 15.6. The molecule has 100 heavy (non-hydrogen) atoms. The van der Waals surface area contributed by atoms with Crippen molar-refractivity contribution >= 4 is 123 Å². The molecule has 5 nitrogen and oxygen atoms in total. The van der Waals surface area contributed by atoms with Crippen molar-refractivity contribution in [2.24, 2.45) is 0 Å². The van der Waals surface area contributed by atoms with Crippen molar-refractivity contribution in [3.63, 3.8) is 0 Å². The van der Waals surface area contributed by atoms with E-state index in [0.29, 0.717) is 22.7 Å². The average molecular weight is 1310 g/mol. The molecule has 2 aliphatic heterocycles. The van der Waals surface area contributed by atoms with E-state index in [1.54, 1.807) is 9.13 Å². The van der Waals surface area contributed by atoms with E-state index in [-0.39, 0.29) is 43.6 Å². The molecular weight excluding hydrogens is 1210 g/mol. The number of fused-ring (bicyclic) bond motifs is 13. The molecule has 0 unspecified atom stereocenters. The smallest absolute Gasteiger partial charge is 0.252 e. The van der Waals surface area contributed by atoms with E-state index in [9.17, 15) is 16.4 Å². The summed E-state index contributed by atoms with van der Waals surface area (Å²) >= 11 is 0. The molecule has 0 spiro atoms. The quantitative estimate of drug-likeness (QED) is 0.148. The first-order valence-electron chi connectivity index (χ1n) is 42.4. The Hall–Kier alpha value is -11.1. The van der Waals surface area contributed by atoms with Gasteiger partial charge in [-0.3, -0.25) is 0 Å². The highest BCUT2D eigenvalue weighted by Crippen LogP contribution is 2.51. The third-order valence-electron chi connectivity index (χ3n) is 20.7. The number of anilines is 6. The first kappa shape index (κ1) is 46.2. The molecule has 18 rings (SSSR count). The van der Waals surface area contributed by atoms with E-state index in [1.165, 1.54) is 0 Å². The third-order valence-corrected chi connectivity index (χ3v) is 20.7. The van der Waals surface area contributed by atoms with Crippen LogP contribution in [0.5, 0.6) is 0 Å². The van der Waals surface area contributed by atoms with Crippen molar-refractivity contribution in [1.29, 1.82) is 0 Å². The summed E-state index contributed by atoms with van der Waals surface area (Å²) in [7, 11) is 0. The van der Waals surface area contributed by atoms with Crippen LogP contribution in [0.1, 0.15) is 127 Å². The van der Waals surface area contributed by atoms with Gasteiger partial charge in [0.05, 0.1) is 60.7 Å². The Morgan fingerprint density at radius 2 is 0.580 bits per heavy atom. The Morgan fingerprint density at radius 1 is 0.260 bits per heavy atom. The van der Waals surface area contributed by atoms with Gasteiger partial charge in [-0.15, -0.1) is 0 Å². The van der Waals surface area contributed by atoms with Crippen molar-refractivity contribution in [3.05, 3.63) is 301 Å². The third kappa shape index (κ3) is 9.72. The van der Waals surface area contributed by atoms with Crippen LogP contribution in [0.2, 0.25) is 0 Å². The van der Waals surface area contributed by atoms with Gasteiger partial charge >= 0.3 is 0 Å². The largest absolute Gasteiger partial charge is 0.311 e. The van der Waals surface area contributed by atoms with Crippen molar-refractivity contribution in [2.75, 3.05) is 9.80 Å². The molecule has 6 heteroatoms. The highest BCUT2D eigenvalue weighted by atomic mass is 15.2. The summed E-state index contributed by atoms with van der Waals surface area (Å²) < 4.78 is 156. The van der Waals surface area contributed by atoms with Gasteiger partial charge in [0.25, 0.3) is 6.71 Å². The number of hydrogen-bond donors (Lipinski definition) is 0. The number of hydrogen-bond acceptors (Lipinski definition) is 2. The first-order valence-corrected chi connectivity index (χ1v) is 34.4. The predicted molar refractivity (Wildman–Crippen MR) is 429 cm³/mol. The predicted octanol–water partition coefficient (Wildman–Crippen LogP) is 23.6. The van der Waals surface area contributed by atoms with Gasteiger partial charge in [-0.25, -0.2) is 0 Å². The van der Waals surface area contributed by atoms with Gasteiger partial charge in [0.2, 0.25) is 0 Å². The number of rotatable bonds is 7. The lowest BCUT2D eigenvalue weighted by Crippen LogP contribution is -2.61. The van der Waals surface area contributed by atoms with Crippen molar-refractivity contribution in [3.8, 4) is 39.3 Å². The highest BCUT2D eigenvalue weighted by molar-refractivity contribution is 7.00. The Bertz CT molecular complexity index is 6410. The minimum atomic E-state index is -0.726. The van der Waals surface area contributed by atoms with Crippen molar-refractivity contribution < 1.29 is 21.9 Å². The van der Waals surface area contributed by atoms with Crippen LogP contribution >= 0.6 is 0 Å². The summed E-state index contributed by atoms with van der Waals surface area (Å²) in [5.74, 6) is 0. The van der Waals surface area contributed by atoms with Crippen LogP contribution < -0.4 is 26.2 Å². The summed E-state index contributed by atoms with van der Waals surface area (Å²) in [5.41, 5.74) is 16.4. The number of nitrogens with zero attached hydrogens (tertiary/aromatic N) is 5. The van der Waals surface area contributed by atoms with Gasteiger partial charge < -0.3 is 23.5 Å². The fourth-order valence-corrected chi connectivity index (χ4v) is 15.4. The summed E-state index contributed by atoms with van der Waals surface area (Å²) in [6, 6.07) is 55.7. The molecule has 0 amide bonds. The molecule has 3 aromatic heterocycles. The van der Waals surface area contributed by atoms with Gasteiger partial charge in [0.15, 0.2) is 0 Å². The van der Waals surface area contributed by atoms with Gasteiger partial charge in [-0.05, 0) is 192 Å². The zero-order chi connectivity index (χ0) is 82.4. The lowest BCUT2D eigenvalue weighted by atomic mass is 9.33. The summed E-state index contributed by atoms with van der Waals surface area (Å²) in [4.78, 5) is 4.61. The maximum absolute atomic E-state index is 9.82. The van der Waals surface area contributed by atoms with Gasteiger partial charge in [0.1, 0.15) is 0 Å². The van der Waals surface area contributed by atoms with Crippen LogP contribution in [-0.2, 0) is 21.7 Å². The SMILES string of the molecule is [2H]c1c([2H])c([2H])c2c(c1[2H])c1c([2H])c([2H])c([2H])c([2H])c1n2-c1ccc2c(c1)N(c1cc(C(C)(C)C)cc(C(C)(C)C)c1)c1cc(-n3c4ccc(-c5ccccc5)cc4c4cc(-c5ccccc5)ccc43)cc3c1B2c1ccc(-n2c4c([2H])c([2H])c([2H])c([2H])c4c4c([2H])c([2H])c([2H])c([2H])c42)cc1N3c1cc(C(C)(C)C)cc(C(C)(C)C)c1. The summed E-state index contributed by atoms with van der Waals surface area (Å²) in [6.07, 6.45) is 0. The van der Waals surface area contributed by atoms with E-state index in [2.05, 4.69) is 207 Å². The van der Waals surface area contributed by atoms with Crippen LogP contribution in [-0.4, -0.2) is 20.4 Å². The van der Waals surface area contributed by atoms with E-state index < -0.39 is 125 Å². The monoisotopic (exact) mass is 1310 g/mol. The van der Waals surface area contributed by atoms with Crippen LogP contribution in [0, 0.1) is 0 Å². The van der Waals surface area contributed by atoms with E-state index in [4.69, 9.17) is 5.48 Å². The molecule has 2 aliphatic rings. The number of aromatic nitrogens is 3. The highest BCUT2D eigenvalue weighted by Gasteiger charge is 2.45. The van der Waals surface area contributed by atoms with Crippen LogP contribution in [0.4, 0.5) is 34.1 Å². The van der Waals surface area contributed by atoms with E-state index in [0.717, 1.165) is 111 Å². The number of benzene rings is 13. The lowest BCUT2D eigenvalue weighted by Gasteiger charge is -2.45. The lowest BCUT2D eigenvalue weighted by molar-refractivity contribution is 0.568. The standard InChI is InChI=1S/C94H82BN5/c1-91(2,3)63-49-64(92(4,5)6)52-69(51-63)99-86-55-67(96-80-35-23-19-31-72(80)73-32-20-24-36-81(73)96)41-43-78(86)95-79-44-42-68(97-82-37-25-21-33-74(82)75-34-22-26-38-83(75)97)56-87(79)100(70-53-65(93(7,8)9)50-66(54-70)94(10,11)12)89-58-71(57-88(99)90(89)95)98-84-45-39-61(59-27-15-13-16-28-59)47-76(84)77-48-62(40-46-85(77)98)60-29-17-14-18-30-60/h13-58H,1-12H3/i19D,20D,21D,22D,23D,24D,25D,26D,31D,32D,33D,34D,35D,36D,37D,38D. The Morgan fingerprint density at radius 3 is 0.920 bits per heavy atom. The molecule has 486 valence electrons. The van der Waals surface area contributed by atoms with Crippen molar-refractivity contribution in [2.45, 2.75) is 105 Å². The minimum absolute atomic E-state index is 0.0367. The maximum atomic E-state index is 9.82. The molecule has 5 heterocycles. The van der Waals surface area contributed by atoms with Gasteiger partial charge in [-0.1, -0.05) is 253 Å². The molecule has 0 bridgehead atoms. The molecule has 0 N–H and O–H groups in total. The molecule has 0 saturated carbocycles.